The third kappa shape index (κ3) is 23.6. The zero-order chi connectivity index (χ0) is 94.3. The quantitative estimate of drug-likeness (QED) is 0.0373. The number of aliphatic hydroxyl groups is 4. The van der Waals surface area contributed by atoms with Crippen LogP contribution < -0.4 is 21.3 Å². The monoisotopic (exact) mass is 1790 g/mol. The number of halogens is 16. The number of allylic oxidation sites excluding steroid dienone is 1. The van der Waals surface area contributed by atoms with E-state index in [4.69, 9.17) is 0 Å². The Morgan fingerprint density at radius 3 is 1.05 bits per heavy atom. The minimum atomic E-state index is -4.23. The number of piperidine rings is 4. The topological polar surface area (TPSA) is 261 Å². The number of carbonyl (C=O) groups excluding carboxylic acids is 7. The summed E-state index contributed by atoms with van der Waals surface area (Å²) < 4.78 is 232. The number of nitrogens with zero attached hydrogens (tertiary/aromatic N) is 4. The Hall–Kier alpha value is -11.7. The average molecular weight is 1790 g/mol. The minimum Gasteiger partial charge on any atom is -0.393 e. The maximum absolute atomic E-state index is 15.1. The maximum Gasteiger partial charge on any atom is 0.352 e. The van der Waals surface area contributed by atoms with Crippen LogP contribution in [0.25, 0.3) is 0 Å². The van der Waals surface area contributed by atoms with E-state index in [0.717, 1.165) is 69.3 Å². The summed E-state index contributed by atoms with van der Waals surface area (Å²) >= 11 is 0. The van der Waals surface area contributed by atoms with Gasteiger partial charge in [0.25, 0.3) is 41.4 Å². The van der Waals surface area contributed by atoms with Crippen LogP contribution in [-0.2, 0) is 38.1 Å². The number of nitrogens with one attached hydrogen (secondary N) is 4. The second-order valence-corrected chi connectivity index (χ2v) is 33.4. The Kier molecular flexibility index (Phi) is 31.0. The highest BCUT2D eigenvalue weighted by Gasteiger charge is 2.53. The van der Waals surface area contributed by atoms with Gasteiger partial charge in [-0.3, -0.25) is 33.6 Å². The van der Waals surface area contributed by atoms with E-state index in [0.29, 0.717) is 48.4 Å². The summed E-state index contributed by atoms with van der Waals surface area (Å²) in [4.78, 5) is 92.0. The highest BCUT2D eigenvalue weighted by Crippen LogP contribution is 2.44. The van der Waals surface area contributed by atoms with E-state index in [2.05, 4.69) is 27.8 Å². The second-order valence-electron chi connectivity index (χ2n) is 33.4. The molecule has 0 bridgehead atoms. The molecule has 682 valence electrons. The summed E-state index contributed by atoms with van der Waals surface area (Å²) in [5.74, 6) is -31.7. The molecule has 35 heteroatoms. The lowest BCUT2D eigenvalue weighted by Crippen LogP contribution is -2.57. The van der Waals surface area contributed by atoms with Crippen LogP contribution in [0.5, 0.6) is 0 Å². The number of carbonyl (C=O) groups is 7. The Balaban J connectivity index is 0.000000191. The van der Waals surface area contributed by atoms with Gasteiger partial charge in [0.1, 0.15) is 46.5 Å². The molecular weight excluding hydrogens is 1700 g/mol. The molecule has 127 heavy (non-hydrogen) atoms. The van der Waals surface area contributed by atoms with Crippen LogP contribution >= 0.6 is 0 Å². The summed E-state index contributed by atoms with van der Waals surface area (Å²) in [5, 5.41) is 49.6. The number of rotatable bonds is 18. The SMILES string of the molecule is C=C(N1CCC(C)(O)CC1)C(F)(F)c1cc(C(=O)Nc2ccc(F)c(C)c2)ccc1F.CCC1CN(C(=O)C(F)(F)c2cc(C(=O)Nc3ccc(F)c(C)c3)ccc2F)CCC1O.Cc1cc(NC(=O)c2ccc(F)c(C(F)(F)C(=O)N3CCC(O)C(C)(C)C3)c2)ccc1F.Cc1cc(NC(=O)c2ccc(F)c(C(F)(F)C(=O)N3CCC(O)CC3(C)C)c2)ccc1F. The summed E-state index contributed by atoms with van der Waals surface area (Å²) in [6.07, 6.45) is -0.571. The number of alkyl halides is 8. The molecule has 19 nitrogen and oxygen atoms in total. The first kappa shape index (κ1) is 99.1. The van der Waals surface area contributed by atoms with Crippen molar-refractivity contribution in [1.82, 2.24) is 19.6 Å². The first-order chi connectivity index (χ1) is 59.1. The van der Waals surface area contributed by atoms with Crippen molar-refractivity contribution in [2.24, 2.45) is 11.3 Å². The van der Waals surface area contributed by atoms with Crippen molar-refractivity contribution >= 4 is 64.1 Å². The molecule has 8 aromatic rings. The molecule has 4 saturated heterocycles. The zero-order valence-electron chi connectivity index (χ0n) is 70.8. The molecule has 4 heterocycles. The van der Waals surface area contributed by atoms with Gasteiger partial charge in [-0.15, -0.1) is 0 Å². The molecule has 4 atom stereocenters. The van der Waals surface area contributed by atoms with Gasteiger partial charge >= 0.3 is 23.7 Å². The Labute approximate surface area is 721 Å². The number of hydrogen-bond donors (Lipinski definition) is 8. The molecule has 8 aromatic carbocycles. The van der Waals surface area contributed by atoms with E-state index in [1.807, 2.05) is 0 Å². The maximum atomic E-state index is 15.1. The van der Waals surface area contributed by atoms with Gasteiger partial charge in [-0.1, -0.05) is 27.4 Å². The van der Waals surface area contributed by atoms with E-state index >= 15 is 35.1 Å². The standard InChI is InChI=1S/3C23H24F4N2O3.C23H24F4N2O2/c1-13-10-15(5-7-17(13)24)28-20(31)14-4-6-18(25)16(11-14)23(26,27)21(32)29-9-8-19(30)22(2,3)12-29;1-13-10-15(5-7-18(13)24)28-20(31)14-4-6-19(25)17(11-14)23(26,27)21(32)29-9-8-16(30)12-22(29,2)3;1-3-14-12-29(9-8-20(14)30)22(32)23(26,27)17-11-15(4-6-19(17)25)21(31)28-16-5-7-18(24)13(2)10-16;1-14-12-17(5-7-19(14)24)28-21(30)16-4-6-20(25)18(13-16)23(26,27)15(2)29-10-8-22(3,31)9-11-29/h4-7,10-11,19,30H,8-9,12H2,1-3H3,(H,28,31);4-7,10-11,16,30H,8-9,12H2,1-3H3,(H,28,31);4-7,10-11,14,20,30H,3,8-9,12H2,1-2H3,(H,28,31);4-7,12-13,31H,2,8-11H2,1,3H3,(H,28,30). The van der Waals surface area contributed by atoms with Crippen LogP contribution in [0.3, 0.4) is 0 Å². The van der Waals surface area contributed by atoms with Crippen LogP contribution in [-0.4, -0.2) is 157 Å². The Morgan fingerprint density at radius 1 is 0.409 bits per heavy atom. The van der Waals surface area contributed by atoms with Crippen LogP contribution in [0.2, 0.25) is 0 Å². The van der Waals surface area contributed by atoms with Gasteiger partial charge in [0, 0.05) is 108 Å². The zero-order valence-corrected chi connectivity index (χ0v) is 70.8. The molecule has 0 spiro atoms. The molecule has 4 fully saturated rings. The second kappa shape index (κ2) is 39.7. The highest BCUT2D eigenvalue weighted by molar-refractivity contribution is 6.07. The molecule has 7 amide bonds. The molecule has 0 radical (unpaired) electrons. The first-order valence-electron chi connectivity index (χ1n) is 40.2. The van der Waals surface area contributed by atoms with Gasteiger partial charge in [-0.05, 0) is 261 Å². The molecule has 4 unspecified atom stereocenters. The van der Waals surface area contributed by atoms with Gasteiger partial charge < -0.3 is 61.3 Å². The predicted octanol–water partition coefficient (Wildman–Crippen LogP) is 17.8. The molecule has 0 aliphatic carbocycles. The smallest absolute Gasteiger partial charge is 0.352 e. The van der Waals surface area contributed by atoms with Crippen molar-refractivity contribution in [2.75, 3.05) is 67.1 Å². The van der Waals surface area contributed by atoms with E-state index in [1.54, 1.807) is 41.5 Å². The molecule has 12 rings (SSSR count). The van der Waals surface area contributed by atoms with E-state index in [9.17, 15) is 89.1 Å². The number of hydrogen-bond acceptors (Lipinski definition) is 12. The van der Waals surface area contributed by atoms with Gasteiger partial charge in [0.2, 0.25) is 0 Å². The fourth-order valence-corrected chi connectivity index (χ4v) is 14.7. The molecule has 0 aromatic heterocycles. The van der Waals surface area contributed by atoms with E-state index in [1.165, 1.54) is 87.2 Å². The number of aliphatic hydroxyl groups excluding tert-OH is 3. The van der Waals surface area contributed by atoms with Crippen molar-refractivity contribution in [1.29, 1.82) is 0 Å². The summed E-state index contributed by atoms with van der Waals surface area (Å²) in [5.41, 5.74) is -6.88. The van der Waals surface area contributed by atoms with Crippen LogP contribution in [0, 0.1) is 85.6 Å². The number of aryl methyl sites for hydroxylation is 4. The molecule has 0 saturated carbocycles. The minimum absolute atomic E-state index is 0.0577. The number of anilines is 4. The third-order valence-electron chi connectivity index (χ3n) is 22.7. The fourth-order valence-electron chi connectivity index (χ4n) is 14.7. The Morgan fingerprint density at radius 2 is 0.724 bits per heavy atom. The predicted molar refractivity (Wildman–Crippen MR) is 441 cm³/mol. The number of likely N-dealkylation sites (tertiary alicyclic amines) is 4. The summed E-state index contributed by atoms with van der Waals surface area (Å²) in [6.45, 7) is 19.2. The van der Waals surface area contributed by atoms with Crippen molar-refractivity contribution in [3.63, 3.8) is 0 Å². The van der Waals surface area contributed by atoms with Crippen molar-refractivity contribution in [2.45, 2.75) is 167 Å². The van der Waals surface area contributed by atoms with Crippen LogP contribution in [0.1, 0.15) is 172 Å². The molecule has 4 aliphatic heterocycles. The lowest BCUT2D eigenvalue weighted by Gasteiger charge is -2.45. The van der Waals surface area contributed by atoms with E-state index in [-0.39, 0.29) is 152 Å². The molecular formula is C92H96F16N8O11. The van der Waals surface area contributed by atoms with Crippen LogP contribution in [0.4, 0.5) is 93.0 Å². The lowest BCUT2D eigenvalue weighted by molar-refractivity contribution is -0.169. The molecule has 8 N–H and O–H groups in total. The van der Waals surface area contributed by atoms with Crippen molar-refractivity contribution < 1.29 is 124 Å². The van der Waals surface area contributed by atoms with Gasteiger partial charge in [-0.2, -0.15) is 35.1 Å². The Bertz CT molecular complexity index is 5470. The fraction of sp³-hybridized carbons (Fsp3) is 0.380. The largest absolute Gasteiger partial charge is 0.393 e. The summed E-state index contributed by atoms with van der Waals surface area (Å²) in [6, 6.07) is 25.2. The van der Waals surface area contributed by atoms with Crippen molar-refractivity contribution in [3.05, 3.63) is 271 Å². The third-order valence-corrected chi connectivity index (χ3v) is 22.7. The van der Waals surface area contributed by atoms with Gasteiger partial charge in [0.15, 0.2) is 0 Å². The van der Waals surface area contributed by atoms with Gasteiger partial charge in [-0.25, -0.2) is 35.1 Å². The van der Waals surface area contributed by atoms with Crippen molar-refractivity contribution in [3.8, 4) is 0 Å². The average Bonchev–Trinajstić information content (AvgIpc) is 0.777. The normalized spacial score (nSPS) is 18.0. The summed E-state index contributed by atoms with van der Waals surface area (Å²) in [7, 11) is 0. The number of benzene rings is 8. The first-order valence-corrected chi connectivity index (χ1v) is 40.2. The molecule has 4 aliphatic rings. The van der Waals surface area contributed by atoms with Crippen LogP contribution in [0.15, 0.2) is 158 Å². The van der Waals surface area contributed by atoms with Gasteiger partial charge in [0.05, 0.1) is 51.9 Å². The lowest BCUT2D eigenvalue weighted by atomic mass is 9.81. The van der Waals surface area contributed by atoms with E-state index < -0.39 is 174 Å². The number of amides is 7. The highest BCUT2D eigenvalue weighted by atomic mass is 19.3.